The lowest BCUT2D eigenvalue weighted by Gasteiger charge is -2.11. The van der Waals surface area contributed by atoms with Crippen molar-refractivity contribution < 1.29 is 9.59 Å². The summed E-state index contributed by atoms with van der Waals surface area (Å²) in [5, 5.41) is 8.64. The Morgan fingerprint density at radius 3 is 2.64 bits per heavy atom. The van der Waals surface area contributed by atoms with E-state index in [0.717, 1.165) is 11.0 Å². The summed E-state index contributed by atoms with van der Waals surface area (Å²) < 4.78 is 0.937. The molecule has 0 bridgehead atoms. The Labute approximate surface area is 154 Å². The minimum absolute atomic E-state index is 0.0856. The summed E-state index contributed by atoms with van der Waals surface area (Å²) in [6, 6.07) is 10.7. The van der Waals surface area contributed by atoms with E-state index in [9.17, 15) is 9.59 Å². The lowest BCUT2D eigenvalue weighted by atomic mass is 10.2. The van der Waals surface area contributed by atoms with Crippen LogP contribution in [0.25, 0.3) is 0 Å². The van der Waals surface area contributed by atoms with Gasteiger partial charge in [0.05, 0.1) is 12.1 Å². The molecule has 130 valence electrons. The first-order valence-corrected chi connectivity index (χ1v) is 8.93. The van der Waals surface area contributed by atoms with Crippen molar-refractivity contribution in [3.05, 3.63) is 52.6 Å². The maximum absolute atomic E-state index is 12.5. The highest BCUT2D eigenvalue weighted by atomic mass is 79.9. The van der Waals surface area contributed by atoms with E-state index >= 15 is 0 Å². The van der Waals surface area contributed by atoms with E-state index in [4.69, 9.17) is 0 Å². The van der Waals surface area contributed by atoms with Crippen LogP contribution in [0.5, 0.6) is 0 Å². The highest BCUT2D eigenvalue weighted by Gasteiger charge is 2.21. The van der Waals surface area contributed by atoms with Gasteiger partial charge in [-0.25, -0.2) is 4.98 Å². The summed E-state index contributed by atoms with van der Waals surface area (Å²) in [6.45, 7) is 0.807. The average Bonchev–Trinajstić information content (AvgIpc) is 3.45. The molecule has 1 aliphatic rings. The molecule has 1 aromatic heterocycles. The monoisotopic (exact) mass is 402 g/mol. The molecule has 25 heavy (non-hydrogen) atoms. The van der Waals surface area contributed by atoms with Crippen LogP contribution in [-0.2, 0) is 4.79 Å². The van der Waals surface area contributed by atoms with Crippen LogP contribution in [0.2, 0.25) is 0 Å². The van der Waals surface area contributed by atoms with Crippen molar-refractivity contribution >= 4 is 39.2 Å². The number of hydrogen-bond donors (Lipinski definition) is 3. The molecule has 2 aromatic rings. The van der Waals surface area contributed by atoms with Gasteiger partial charge in [-0.1, -0.05) is 15.9 Å². The molecule has 0 unspecified atom stereocenters. The van der Waals surface area contributed by atoms with Gasteiger partial charge in [0.15, 0.2) is 0 Å². The zero-order valence-corrected chi connectivity index (χ0v) is 15.2. The fourth-order valence-corrected chi connectivity index (χ4v) is 2.53. The van der Waals surface area contributed by atoms with E-state index in [1.807, 2.05) is 12.1 Å². The van der Waals surface area contributed by atoms with Crippen molar-refractivity contribution in [1.82, 2.24) is 10.3 Å². The number of carbonyl (C=O) groups excluding carboxylic acids is 2. The van der Waals surface area contributed by atoms with Gasteiger partial charge < -0.3 is 16.0 Å². The van der Waals surface area contributed by atoms with Crippen LogP contribution in [0.3, 0.4) is 0 Å². The minimum atomic E-state index is -0.281. The molecule has 0 aliphatic heterocycles. The molecule has 3 N–H and O–H groups in total. The predicted octanol–water partition coefficient (Wildman–Crippen LogP) is 3.03. The predicted molar refractivity (Wildman–Crippen MR) is 101 cm³/mol. The van der Waals surface area contributed by atoms with Crippen LogP contribution < -0.4 is 16.0 Å². The maximum atomic E-state index is 12.5. The fraction of sp³-hybridized carbons (Fsp3) is 0.278. The van der Waals surface area contributed by atoms with E-state index in [1.165, 1.54) is 12.8 Å². The van der Waals surface area contributed by atoms with Crippen LogP contribution in [0.15, 0.2) is 47.1 Å². The highest BCUT2D eigenvalue weighted by molar-refractivity contribution is 9.10. The van der Waals surface area contributed by atoms with Crippen molar-refractivity contribution in [2.45, 2.75) is 12.8 Å². The second-order valence-electron chi connectivity index (χ2n) is 5.96. The molecule has 0 saturated heterocycles. The second-order valence-corrected chi connectivity index (χ2v) is 6.88. The molecule has 3 rings (SSSR count). The third kappa shape index (κ3) is 5.29. The van der Waals surface area contributed by atoms with Crippen LogP contribution >= 0.6 is 15.9 Å². The lowest BCUT2D eigenvalue weighted by molar-refractivity contribution is -0.119. The summed E-state index contributed by atoms with van der Waals surface area (Å²) in [4.78, 5) is 28.5. The van der Waals surface area contributed by atoms with Gasteiger partial charge in [0.1, 0.15) is 5.82 Å². The number of halogens is 1. The first-order valence-electron chi connectivity index (χ1n) is 8.14. The number of hydrogen-bond acceptors (Lipinski definition) is 4. The molecular weight excluding hydrogens is 384 g/mol. The molecule has 7 heteroatoms. The van der Waals surface area contributed by atoms with E-state index in [1.54, 1.807) is 30.5 Å². The number of carbonyl (C=O) groups is 2. The van der Waals surface area contributed by atoms with Crippen molar-refractivity contribution in [2.75, 3.05) is 23.7 Å². The molecule has 1 saturated carbocycles. The molecule has 1 aromatic carbocycles. The van der Waals surface area contributed by atoms with E-state index in [0.29, 0.717) is 23.0 Å². The van der Waals surface area contributed by atoms with Gasteiger partial charge in [-0.15, -0.1) is 0 Å². The van der Waals surface area contributed by atoms with Gasteiger partial charge in [-0.3, -0.25) is 9.59 Å². The number of nitrogens with zero attached hydrogens (tertiary/aromatic N) is 1. The number of nitrogens with one attached hydrogen (secondary N) is 3. The molecule has 2 amide bonds. The standard InChI is InChI=1S/C18H19BrN4O2/c19-13-5-7-14(8-6-13)23-18(25)15-2-1-9-20-17(15)22-11-16(24)21-10-12-3-4-12/h1-2,5-9,12H,3-4,10-11H2,(H,20,22)(H,21,24)(H,23,25). The Kier molecular flexibility index (Phi) is 5.65. The first-order chi connectivity index (χ1) is 12.1. The van der Waals surface area contributed by atoms with Crippen LogP contribution in [0.1, 0.15) is 23.2 Å². The lowest BCUT2D eigenvalue weighted by Crippen LogP contribution is -2.32. The topological polar surface area (TPSA) is 83.1 Å². The van der Waals surface area contributed by atoms with Crippen molar-refractivity contribution in [1.29, 1.82) is 0 Å². The van der Waals surface area contributed by atoms with Crippen LogP contribution in [0, 0.1) is 5.92 Å². The maximum Gasteiger partial charge on any atom is 0.259 e. The summed E-state index contributed by atoms with van der Waals surface area (Å²) in [5.74, 6) is 0.637. The summed E-state index contributed by atoms with van der Waals surface area (Å²) in [5.41, 5.74) is 1.07. The Morgan fingerprint density at radius 2 is 1.92 bits per heavy atom. The molecule has 6 nitrogen and oxygen atoms in total. The smallest absolute Gasteiger partial charge is 0.259 e. The van der Waals surface area contributed by atoms with Crippen molar-refractivity contribution in [2.24, 2.45) is 5.92 Å². The van der Waals surface area contributed by atoms with Gasteiger partial charge >= 0.3 is 0 Å². The van der Waals surface area contributed by atoms with Crippen molar-refractivity contribution in [3.8, 4) is 0 Å². The van der Waals surface area contributed by atoms with Crippen molar-refractivity contribution in [3.63, 3.8) is 0 Å². The van der Waals surface area contributed by atoms with Crippen LogP contribution in [0.4, 0.5) is 11.5 Å². The summed E-state index contributed by atoms with van der Waals surface area (Å²) in [7, 11) is 0. The van der Waals surface area contributed by atoms with E-state index < -0.39 is 0 Å². The number of benzene rings is 1. The molecule has 1 heterocycles. The third-order valence-corrected chi connectivity index (χ3v) is 4.38. The minimum Gasteiger partial charge on any atom is -0.360 e. The summed E-state index contributed by atoms with van der Waals surface area (Å²) in [6.07, 6.45) is 3.96. The number of pyridine rings is 1. The SMILES string of the molecule is O=C(CNc1ncccc1C(=O)Nc1ccc(Br)cc1)NCC1CC1. The molecule has 0 spiro atoms. The highest BCUT2D eigenvalue weighted by Crippen LogP contribution is 2.27. The molecule has 0 atom stereocenters. The van der Waals surface area contributed by atoms with Gasteiger partial charge in [0, 0.05) is 22.9 Å². The second kappa shape index (κ2) is 8.11. The number of amides is 2. The zero-order valence-electron chi connectivity index (χ0n) is 13.6. The average molecular weight is 403 g/mol. The largest absolute Gasteiger partial charge is 0.360 e. The Bertz CT molecular complexity index is 760. The Morgan fingerprint density at radius 1 is 1.16 bits per heavy atom. The Balaban J connectivity index is 1.59. The molecule has 1 aliphatic carbocycles. The molecule has 0 radical (unpaired) electrons. The van der Waals surface area contributed by atoms with E-state index in [-0.39, 0.29) is 18.4 Å². The number of anilines is 2. The third-order valence-electron chi connectivity index (χ3n) is 3.86. The normalized spacial score (nSPS) is 13.2. The molecule has 1 fully saturated rings. The molecular formula is C18H19BrN4O2. The number of aromatic nitrogens is 1. The van der Waals surface area contributed by atoms with Gasteiger partial charge in [-0.2, -0.15) is 0 Å². The van der Waals surface area contributed by atoms with Gasteiger partial charge in [0.25, 0.3) is 5.91 Å². The first kappa shape index (κ1) is 17.4. The Hall–Kier alpha value is -2.41. The zero-order chi connectivity index (χ0) is 17.6. The summed E-state index contributed by atoms with van der Waals surface area (Å²) >= 11 is 3.36. The van der Waals surface area contributed by atoms with Gasteiger partial charge in [-0.05, 0) is 55.2 Å². The van der Waals surface area contributed by atoms with E-state index in [2.05, 4.69) is 36.9 Å². The quantitative estimate of drug-likeness (QED) is 0.664. The number of rotatable bonds is 7. The fourth-order valence-electron chi connectivity index (χ4n) is 2.27. The van der Waals surface area contributed by atoms with Gasteiger partial charge in [0.2, 0.25) is 5.91 Å². The van der Waals surface area contributed by atoms with Crippen LogP contribution in [-0.4, -0.2) is 29.9 Å².